The molecule has 4 heterocycles. The summed E-state index contributed by atoms with van der Waals surface area (Å²) in [5, 5.41) is 16.9. The van der Waals surface area contributed by atoms with Crippen LogP contribution in [0.15, 0.2) is 48.7 Å². The Morgan fingerprint density at radius 2 is 1.74 bits per heavy atom. The van der Waals surface area contributed by atoms with Crippen LogP contribution < -0.4 is 24.8 Å². The number of fused-ring (bicyclic) bond motifs is 2. The molecule has 3 aromatic carbocycles. The lowest BCUT2D eigenvalue weighted by molar-refractivity contribution is -0.137. The predicted octanol–water partition coefficient (Wildman–Crippen LogP) is 6.28. The molecule has 0 radical (unpaired) electrons. The van der Waals surface area contributed by atoms with Gasteiger partial charge < -0.3 is 34.1 Å². The van der Waals surface area contributed by atoms with Crippen LogP contribution in [0, 0.1) is 11.3 Å². The third-order valence-electron chi connectivity index (χ3n) is 11.5. The third kappa shape index (κ3) is 10.2. The van der Waals surface area contributed by atoms with E-state index in [1.54, 1.807) is 42.3 Å². The third-order valence-corrected chi connectivity index (χ3v) is 12.1. The molecule has 17 heteroatoms. The largest absolute Gasteiger partial charge is 0.495 e. The maximum absolute atomic E-state index is 13.1. The van der Waals surface area contributed by atoms with Crippen molar-refractivity contribution in [3.05, 3.63) is 81.0 Å². The van der Waals surface area contributed by atoms with Crippen LogP contribution in [0.25, 0.3) is 10.9 Å². The second-order valence-corrected chi connectivity index (χ2v) is 16.2. The Balaban J connectivity index is 0.799. The van der Waals surface area contributed by atoms with Crippen molar-refractivity contribution in [2.45, 2.75) is 57.5 Å². The van der Waals surface area contributed by atoms with E-state index in [0.717, 1.165) is 50.0 Å². The molecule has 62 heavy (non-hydrogen) atoms. The minimum absolute atomic E-state index is 0.134. The number of methoxy groups -OCH3 is 2. The molecule has 1 atom stereocenters. The summed E-state index contributed by atoms with van der Waals surface area (Å²) in [6.45, 7) is 5.55. The van der Waals surface area contributed by atoms with Crippen LogP contribution in [0.5, 0.6) is 17.2 Å². The molecule has 4 aromatic rings. The number of aromatic nitrogens is 1. The number of nitriles is 1. The second-order valence-electron chi connectivity index (χ2n) is 15.4. The lowest BCUT2D eigenvalue weighted by Crippen LogP contribution is -2.52. The van der Waals surface area contributed by atoms with E-state index < -0.39 is 11.9 Å². The topological polar surface area (TPSA) is 176 Å². The molecule has 0 bridgehead atoms. The van der Waals surface area contributed by atoms with Crippen molar-refractivity contribution in [2.24, 2.45) is 0 Å². The number of carbonyl (C=O) groups excluding carboxylic acids is 4. The number of benzene rings is 3. The zero-order valence-corrected chi connectivity index (χ0v) is 36.3. The Morgan fingerprint density at radius 1 is 0.952 bits per heavy atom. The fourth-order valence-electron chi connectivity index (χ4n) is 8.13. The number of imide groups is 1. The molecule has 2 saturated heterocycles. The number of hydrogen-bond donors (Lipinski definition) is 2. The smallest absolute Gasteiger partial charge is 0.255 e. The zero-order chi connectivity index (χ0) is 43.8. The van der Waals surface area contributed by atoms with E-state index in [0.29, 0.717) is 119 Å². The van der Waals surface area contributed by atoms with Crippen LogP contribution in [0.1, 0.15) is 65.6 Å². The number of piperazine rings is 1. The number of anilines is 2. The van der Waals surface area contributed by atoms with Gasteiger partial charge in [-0.15, -0.1) is 0 Å². The van der Waals surface area contributed by atoms with Gasteiger partial charge in [-0.3, -0.25) is 34.4 Å². The average Bonchev–Trinajstić information content (AvgIpc) is 3.61. The molecular formula is C45H49Cl2N7O8. The standard InChI is InChI=1S/C45H49Cl2N7O8/c1-59-38-24-36(33(46)22-34(38)47)50-43-29(25-48)26-49-35-23-40(39(60-2)21-31(35)43)62-20-6-13-52-14-16-53(17-15-52)42(56)10-5-19-61-18-4-8-28-7-3-9-30-32(28)27-54(45(30)58)37-11-12-41(55)51-44(37)57/h3,7,9,21-24,26,37H,4-6,8,10-20,27H2,1-2H3,(H,49,50)(H,51,55,57). The number of amides is 4. The average molecular weight is 887 g/mol. The first-order chi connectivity index (χ1) is 30.1. The molecule has 1 aromatic heterocycles. The summed E-state index contributed by atoms with van der Waals surface area (Å²) in [7, 11) is 3.07. The van der Waals surface area contributed by atoms with Crippen LogP contribution in [0.3, 0.4) is 0 Å². The summed E-state index contributed by atoms with van der Waals surface area (Å²) in [6, 6.07) is 14.0. The highest BCUT2D eigenvalue weighted by Crippen LogP contribution is 2.40. The molecule has 0 aliphatic carbocycles. The second kappa shape index (κ2) is 20.5. The monoisotopic (exact) mass is 885 g/mol. The number of nitrogens with one attached hydrogen (secondary N) is 2. The van der Waals surface area contributed by atoms with Gasteiger partial charge in [-0.1, -0.05) is 35.3 Å². The van der Waals surface area contributed by atoms with Gasteiger partial charge in [-0.05, 0) is 61.4 Å². The Hall–Kier alpha value is -5.66. The van der Waals surface area contributed by atoms with Crippen molar-refractivity contribution in [3.8, 4) is 23.3 Å². The molecule has 7 rings (SSSR count). The number of ether oxygens (including phenoxy) is 4. The van der Waals surface area contributed by atoms with Gasteiger partial charge in [-0.25, -0.2) is 0 Å². The van der Waals surface area contributed by atoms with Gasteiger partial charge in [-0.2, -0.15) is 5.26 Å². The molecule has 2 fully saturated rings. The van der Waals surface area contributed by atoms with E-state index in [2.05, 4.69) is 26.6 Å². The predicted molar refractivity (Wildman–Crippen MR) is 233 cm³/mol. The first-order valence-electron chi connectivity index (χ1n) is 20.8. The Morgan fingerprint density at radius 3 is 2.50 bits per heavy atom. The Kier molecular flexibility index (Phi) is 14.7. The number of nitrogens with zero attached hydrogens (tertiary/aromatic N) is 5. The highest BCUT2D eigenvalue weighted by atomic mass is 35.5. The summed E-state index contributed by atoms with van der Waals surface area (Å²) in [6.07, 6.45) is 5.39. The van der Waals surface area contributed by atoms with Gasteiger partial charge in [0.25, 0.3) is 5.91 Å². The van der Waals surface area contributed by atoms with Gasteiger partial charge >= 0.3 is 0 Å². The lowest BCUT2D eigenvalue weighted by Gasteiger charge is -2.34. The number of piperidine rings is 1. The number of aryl methyl sites for hydroxylation is 1. The quantitative estimate of drug-likeness (QED) is 0.0847. The van der Waals surface area contributed by atoms with Crippen molar-refractivity contribution >= 4 is 69.1 Å². The maximum atomic E-state index is 13.1. The minimum atomic E-state index is -0.634. The van der Waals surface area contributed by atoms with Crippen molar-refractivity contribution in [1.29, 1.82) is 5.26 Å². The van der Waals surface area contributed by atoms with Gasteiger partial charge in [0.1, 0.15) is 17.9 Å². The molecular weight excluding hydrogens is 837 g/mol. The van der Waals surface area contributed by atoms with Crippen LogP contribution >= 0.6 is 23.2 Å². The minimum Gasteiger partial charge on any atom is -0.495 e. The Labute approximate surface area is 370 Å². The first-order valence-corrected chi connectivity index (χ1v) is 21.5. The molecule has 3 aliphatic rings. The summed E-state index contributed by atoms with van der Waals surface area (Å²) < 4.78 is 23.1. The van der Waals surface area contributed by atoms with E-state index in [4.69, 9.17) is 42.1 Å². The zero-order valence-electron chi connectivity index (χ0n) is 34.8. The van der Waals surface area contributed by atoms with Gasteiger partial charge in [0.2, 0.25) is 17.7 Å². The summed E-state index contributed by atoms with van der Waals surface area (Å²) in [4.78, 5) is 60.4. The fourth-order valence-corrected chi connectivity index (χ4v) is 8.64. The lowest BCUT2D eigenvalue weighted by atomic mass is 10.00. The van der Waals surface area contributed by atoms with E-state index >= 15 is 0 Å². The SMILES string of the molecule is COc1cc(Nc2c(C#N)cnc3cc(OCCCN4CCN(C(=O)CCCOCCCc5cccc6c5CN(C5CCC(=O)NC5=O)C6=O)CC4)c(OC)cc23)c(Cl)cc1Cl. The van der Waals surface area contributed by atoms with Gasteiger partial charge in [0.15, 0.2) is 11.5 Å². The first kappa shape index (κ1) is 44.4. The van der Waals surface area contributed by atoms with Crippen molar-refractivity contribution < 1.29 is 38.1 Å². The maximum Gasteiger partial charge on any atom is 0.255 e. The molecule has 4 amide bonds. The Bertz CT molecular complexity index is 2380. The molecule has 3 aliphatic heterocycles. The highest BCUT2D eigenvalue weighted by Gasteiger charge is 2.39. The summed E-state index contributed by atoms with van der Waals surface area (Å²) >= 11 is 12.7. The van der Waals surface area contributed by atoms with Crippen molar-refractivity contribution in [3.63, 3.8) is 0 Å². The normalized spacial score (nSPS) is 16.6. The van der Waals surface area contributed by atoms with Crippen molar-refractivity contribution in [1.82, 2.24) is 25.0 Å². The number of halogens is 2. The number of pyridine rings is 1. The fraction of sp³-hybridized carbons (Fsp3) is 0.422. The van der Waals surface area contributed by atoms with Gasteiger partial charge in [0.05, 0.1) is 53.3 Å². The number of carbonyl (C=O) groups is 4. The van der Waals surface area contributed by atoms with Crippen molar-refractivity contribution in [2.75, 3.05) is 72.1 Å². The van der Waals surface area contributed by atoms with Gasteiger partial charge in [0, 0.05) is 94.6 Å². The molecule has 15 nitrogen and oxygen atoms in total. The van der Waals surface area contributed by atoms with Crippen LogP contribution in [-0.4, -0.2) is 116 Å². The van der Waals surface area contributed by atoms with E-state index in [-0.39, 0.29) is 24.1 Å². The summed E-state index contributed by atoms with van der Waals surface area (Å²) in [5.41, 5.74) is 4.53. The number of hydrogen-bond acceptors (Lipinski definition) is 12. The number of rotatable bonds is 18. The molecule has 0 saturated carbocycles. The van der Waals surface area contributed by atoms with Crippen LogP contribution in [-0.2, 0) is 32.1 Å². The van der Waals surface area contributed by atoms with Crippen LogP contribution in [0.2, 0.25) is 10.0 Å². The molecule has 1 unspecified atom stereocenters. The highest BCUT2D eigenvalue weighted by molar-refractivity contribution is 6.37. The van der Waals surface area contributed by atoms with Crippen LogP contribution in [0.4, 0.5) is 11.4 Å². The molecule has 0 spiro atoms. The molecule has 2 N–H and O–H groups in total. The van der Waals surface area contributed by atoms with E-state index in [1.165, 1.54) is 13.3 Å². The molecule has 326 valence electrons. The summed E-state index contributed by atoms with van der Waals surface area (Å²) in [5.74, 6) is 0.700. The van der Waals surface area contributed by atoms with E-state index in [1.807, 2.05) is 17.0 Å². The van der Waals surface area contributed by atoms with E-state index in [9.17, 15) is 24.4 Å².